The van der Waals surface area contributed by atoms with E-state index >= 15 is 0 Å². The second-order valence-electron chi connectivity index (χ2n) is 10.6. The van der Waals surface area contributed by atoms with Crippen molar-refractivity contribution in [3.63, 3.8) is 0 Å². The van der Waals surface area contributed by atoms with Gasteiger partial charge in [-0.3, -0.25) is 0 Å². The second kappa shape index (κ2) is 8.06. The van der Waals surface area contributed by atoms with Gasteiger partial charge in [-0.15, -0.1) is 0 Å². The van der Waals surface area contributed by atoms with E-state index in [9.17, 15) is 0 Å². The molecule has 3 aliphatic rings. The molecule has 8 rings (SSSR count). The Bertz CT molecular complexity index is 1840. The van der Waals surface area contributed by atoms with Crippen molar-refractivity contribution < 1.29 is 4.42 Å². The summed E-state index contributed by atoms with van der Waals surface area (Å²) in [4.78, 5) is 0. The number of allylic oxidation sites excluding steroid dienone is 8. The van der Waals surface area contributed by atoms with E-state index in [4.69, 9.17) is 4.42 Å². The zero-order chi connectivity index (χ0) is 25.4. The molecule has 182 valence electrons. The van der Waals surface area contributed by atoms with Gasteiger partial charge in [0.15, 0.2) is 0 Å². The van der Waals surface area contributed by atoms with Crippen molar-refractivity contribution in [2.24, 2.45) is 11.8 Å². The quantitative estimate of drug-likeness (QED) is 0.212. The highest BCUT2D eigenvalue weighted by molar-refractivity contribution is 9.12. The van der Waals surface area contributed by atoms with Crippen LogP contribution in [0.2, 0.25) is 0 Å². The highest BCUT2D eigenvalue weighted by Crippen LogP contribution is 2.63. The Morgan fingerprint density at radius 1 is 0.763 bits per heavy atom. The lowest BCUT2D eigenvalue weighted by molar-refractivity contribution is 0.591. The van der Waals surface area contributed by atoms with Crippen LogP contribution < -0.4 is 0 Å². The number of halogens is 1. The Labute approximate surface area is 230 Å². The number of hydrogen-bond acceptors (Lipinski definition) is 1. The molecule has 0 bridgehead atoms. The van der Waals surface area contributed by atoms with Crippen LogP contribution >= 0.6 is 15.9 Å². The molecule has 0 fully saturated rings. The van der Waals surface area contributed by atoms with Crippen molar-refractivity contribution in [1.29, 1.82) is 0 Å². The van der Waals surface area contributed by atoms with Crippen LogP contribution in [0.25, 0.3) is 27.5 Å². The first kappa shape index (κ1) is 22.1. The molecule has 1 aromatic heterocycles. The third-order valence-corrected chi connectivity index (χ3v) is 9.42. The second-order valence-corrected chi connectivity index (χ2v) is 11.5. The molecule has 2 heteroatoms. The third kappa shape index (κ3) is 2.76. The number of furan rings is 1. The normalized spacial score (nSPS) is 21.2. The molecular weight excluding hydrogens is 528 g/mol. The van der Waals surface area contributed by atoms with Crippen LogP contribution in [-0.2, 0) is 5.41 Å². The van der Waals surface area contributed by atoms with Gasteiger partial charge in [0.2, 0.25) is 0 Å². The smallest absolute Gasteiger partial charge is 0.143 e. The Morgan fingerprint density at radius 2 is 1.45 bits per heavy atom. The first-order chi connectivity index (χ1) is 18.7. The minimum absolute atomic E-state index is 0.237. The summed E-state index contributed by atoms with van der Waals surface area (Å²) in [6.45, 7) is 2.34. The maximum absolute atomic E-state index is 6.75. The van der Waals surface area contributed by atoms with Crippen LogP contribution in [0, 0.1) is 11.8 Å². The summed E-state index contributed by atoms with van der Waals surface area (Å²) in [6.07, 6.45) is 9.21. The number of fused-ring (bicyclic) bond motifs is 8. The largest absolute Gasteiger partial charge is 0.455 e. The SMILES string of the molecule is CC1C=CC=C2C(Br)=CC3=C(c4c(ccc5c4oc4ccccc45)C3(c3ccccc3)c3ccccc3)C21. The van der Waals surface area contributed by atoms with Crippen molar-refractivity contribution in [2.45, 2.75) is 12.3 Å². The van der Waals surface area contributed by atoms with Gasteiger partial charge < -0.3 is 4.42 Å². The van der Waals surface area contributed by atoms with Crippen LogP contribution in [0.15, 0.2) is 141 Å². The number of hydrogen-bond donors (Lipinski definition) is 0. The number of benzene rings is 4. The molecule has 1 heterocycles. The summed E-state index contributed by atoms with van der Waals surface area (Å²) in [5, 5.41) is 2.35. The van der Waals surface area contributed by atoms with Gasteiger partial charge in [-0.25, -0.2) is 0 Å². The fourth-order valence-electron chi connectivity index (χ4n) is 7.21. The Hall–Kier alpha value is -3.88. The zero-order valence-electron chi connectivity index (χ0n) is 21.0. The van der Waals surface area contributed by atoms with E-state index in [0.717, 1.165) is 11.2 Å². The van der Waals surface area contributed by atoms with E-state index in [0.29, 0.717) is 5.92 Å². The minimum atomic E-state index is -0.453. The molecule has 0 saturated heterocycles. The Kier molecular flexibility index (Phi) is 4.69. The standard InChI is InChI=1S/C36H25BrO/c1-22-11-10-17-27-30(37)21-29-33(32(22)27)34-28(20-19-26-25-16-8-9-18-31(25)38-35(26)34)36(29,23-12-4-2-5-13-23)24-14-6-3-7-15-24/h2-22,32H,1H3. The average molecular weight is 553 g/mol. The molecule has 2 unspecified atom stereocenters. The molecule has 4 aromatic carbocycles. The molecule has 0 spiro atoms. The van der Waals surface area contributed by atoms with E-state index in [1.165, 1.54) is 54.2 Å². The summed E-state index contributed by atoms with van der Waals surface area (Å²) < 4.78 is 7.92. The van der Waals surface area contributed by atoms with Gasteiger partial charge in [-0.05, 0) is 51.5 Å². The van der Waals surface area contributed by atoms with Crippen LogP contribution in [0.4, 0.5) is 0 Å². The molecule has 5 aromatic rings. The van der Waals surface area contributed by atoms with Gasteiger partial charge in [0, 0.05) is 26.7 Å². The van der Waals surface area contributed by atoms with Crippen molar-refractivity contribution in [2.75, 3.05) is 0 Å². The summed E-state index contributed by atoms with van der Waals surface area (Å²) in [6, 6.07) is 35.1. The highest BCUT2D eigenvalue weighted by Gasteiger charge is 2.52. The molecular formula is C36H25BrO. The maximum atomic E-state index is 6.75. The molecule has 0 saturated carbocycles. The number of rotatable bonds is 2. The molecule has 3 aliphatic carbocycles. The molecule has 2 atom stereocenters. The summed E-state index contributed by atoms with van der Waals surface area (Å²) in [5.41, 5.74) is 10.7. The minimum Gasteiger partial charge on any atom is -0.455 e. The van der Waals surface area contributed by atoms with Crippen molar-refractivity contribution in [3.8, 4) is 0 Å². The Morgan fingerprint density at radius 3 is 2.18 bits per heavy atom. The van der Waals surface area contributed by atoms with Gasteiger partial charge in [-0.2, -0.15) is 0 Å². The predicted octanol–water partition coefficient (Wildman–Crippen LogP) is 9.73. The molecule has 38 heavy (non-hydrogen) atoms. The lowest BCUT2D eigenvalue weighted by atomic mass is 9.65. The molecule has 0 N–H and O–H groups in total. The van der Waals surface area contributed by atoms with E-state index < -0.39 is 5.41 Å². The average Bonchev–Trinajstić information content (AvgIpc) is 3.48. The van der Waals surface area contributed by atoms with E-state index in [1.54, 1.807) is 0 Å². The first-order valence-corrected chi connectivity index (χ1v) is 14.1. The van der Waals surface area contributed by atoms with Crippen LogP contribution in [0.5, 0.6) is 0 Å². The van der Waals surface area contributed by atoms with Crippen LogP contribution in [-0.4, -0.2) is 0 Å². The first-order valence-electron chi connectivity index (χ1n) is 13.3. The van der Waals surface area contributed by atoms with Crippen molar-refractivity contribution in [1.82, 2.24) is 0 Å². The van der Waals surface area contributed by atoms with Crippen molar-refractivity contribution in [3.05, 3.63) is 159 Å². The summed E-state index contributed by atoms with van der Waals surface area (Å²) >= 11 is 4.01. The van der Waals surface area contributed by atoms with Crippen LogP contribution in [0.3, 0.4) is 0 Å². The van der Waals surface area contributed by atoms with Gasteiger partial charge in [0.05, 0.1) is 5.41 Å². The third-order valence-electron chi connectivity index (χ3n) is 8.74. The number of para-hydroxylation sites is 1. The Balaban J connectivity index is 1.60. The summed E-state index contributed by atoms with van der Waals surface area (Å²) in [5.74, 6) is 0.595. The monoisotopic (exact) mass is 552 g/mol. The molecule has 0 amide bonds. The molecule has 0 radical (unpaired) electrons. The fraction of sp³-hybridized carbons (Fsp3) is 0.111. The lowest BCUT2D eigenvalue weighted by Gasteiger charge is -2.38. The zero-order valence-corrected chi connectivity index (χ0v) is 22.6. The van der Waals surface area contributed by atoms with Gasteiger partial charge >= 0.3 is 0 Å². The van der Waals surface area contributed by atoms with Crippen molar-refractivity contribution >= 4 is 43.4 Å². The van der Waals surface area contributed by atoms with E-state index in [1.807, 2.05) is 0 Å². The van der Waals surface area contributed by atoms with E-state index in [2.05, 4.69) is 144 Å². The maximum Gasteiger partial charge on any atom is 0.143 e. The molecule has 0 aliphatic heterocycles. The van der Waals surface area contributed by atoms with Gasteiger partial charge in [0.25, 0.3) is 0 Å². The van der Waals surface area contributed by atoms with Gasteiger partial charge in [-0.1, -0.05) is 132 Å². The highest BCUT2D eigenvalue weighted by atomic mass is 79.9. The molecule has 1 nitrogen and oxygen atoms in total. The summed E-state index contributed by atoms with van der Waals surface area (Å²) in [7, 11) is 0. The van der Waals surface area contributed by atoms with E-state index in [-0.39, 0.29) is 5.92 Å². The van der Waals surface area contributed by atoms with Crippen LogP contribution in [0.1, 0.15) is 29.2 Å². The lowest BCUT2D eigenvalue weighted by Crippen LogP contribution is -2.30. The fourth-order valence-corrected chi connectivity index (χ4v) is 7.82. The predicted molar refractivity (Wildman–Crippen MR) is 160 cm³/mol. The topological polar surface area (TPSA) is 13.1 Å². The van der Waals surface area contributed by atoms with Gasteiger partial charge in [0.1, 0.15) is 11.2 Å².